The summed E-state index contributed by atoms with van der Waals surface area (Å²) < 4.78 is 63.5. The van der Waals surface area contributed by atoms with Crippen LogP contribution in [0.4, 0.5) is 0 Å². The van der Waals surface area contributed by atoms with Crippen LogP contribution in [0.25, 0.3) is 0 Å². The molecule has 0 spiro atoms. The summed E-state index contributed by atoms with van der Waals surface area (Å²) in [5, 5.41) is 8.63. The number of halogens is 3. The molecule has 12 nitrogen and oxygen atoms in total. The van der Waals surface area contributed by atoms with Gasteiger partial charge in [0.05, 0.1) is 45.7 Å². The molecule has 2 aliphatic heterocycles. The zero-order valence-electron chi connectivity index (χ0n) is 36.6. The Morgan fingerprint density at radius 3 is 1.33 bits per heavy atom. The quantitative estimate of drug-likeness (QED) is 0.0346. The number of esters is 1. The van der Waals surface area contributed by atoms with Crippen LogP contribution in [0, 0.1) is 5.41 Å². The maximum absolute atomic E-state index is 13.1. The predicted octanol–water partition coefficient (Wildman–Crippen LogP) is 9.70. The van der Waals surface area contributed by atoms with E-state index in [1.807, 2.05) is 159 Å². The molecule has 0 radical (unpaired) electrons. The number of ether oxygens (including phenoxy) is 10. The van der Waals surface area contributed by atoms with Gasteiger partial charge in [0.15, 0.2) is 12.4 Å². The molecule has 10 atom stereocenters. The van der Waals surface area contributed by atoms with Gasteiger partial charge in [0.25, 0.3) is 3.79 Å². The number of alkyl halides is 3. The number of hydrogen-bond acceptors (Lipinski definition) is 12. The van der Waals surface area contributed by atoms with Crippen LogP contribution in [-0.4, -0.2) is 83.7 Å². The standard InChI is InChI=1S/C51H54Cl3NO11/c1-34-42(58-29-37-20-10-4-11-21-37)44(59-30-38-22-12-5-13-23-38)47(63-35(2)56)49(62-34)65-43-41(33-57-28-36-18-8-3-9-19-36)64-48(66-50(55)51(52,53)54)46(61-32-40-26-16-7-17-27-40)45(43)60-31-39-24-14-6-15-25-39/h3-27,34,41-49,55H,28-33H2,1-2H3/t34-,41+,42-,43-,44+,45-,46+,47+,48+,49-/m0/s1. The van der Waals surface area contributed by atoms with Gasteiger partial charge < -0.3 is 47.4 Å². The zero-order valence-corrected chi connectivity index (χ0v) is 38.8. The van der Waals surface area contributed by atoms with Gasteiger partial charge in [-0.25, -0.2) is 0 Å². The maximum Gasteiger partial charge on any atom is 0.303 e. The van der Waals surface area contributed by atoms with Crippen molar-refractivity contribution in [3.63, 3.8) is 0 Å². The second kappa shape index (κ2) is 24.6. The second-order valence-corrected chi connectivity index (χ2v) is 18.2. The summed E-state index contributed by atoms with van der Waals surface area (Å²) in [6.45, 7) is 3.89. The summed E-state index contributed by atoms with van der Waals surface area (Å²) in [6.07, 6.45) is -10.4. The molecule has 15 heteroatoms. The fourth-order valence-corrected chi connectivity index (χ4v) is 7.86. The fraction of sp³-hybridized carbons (Fsp3) is 0.373. The molecule has 0 bridgehead atoms. The molecule has 2 fully saturated rings. The van der Waals surface area contributed by atoms with Crippen LogP contribution in [0.2, 0.25) is 0 Å². The van der Waals surface area contributed by atoms with Crippen molar-refractivity contribution in [2.45, 2.75) is 112 Å². The van der Waals surface area contributed by atoms with Crippen molar-refractivity contribution in [2.75, 3.05) is 6.61 Å². The molecule has 1 N–H and O–H groups in total. The van der Waals surface area contributed by atoms with Crippen molar-refractivity contribution >= 4 is 46.7 Å². The Balaban J connectivity index is 1.27. The Morgan fingerprint density at radius 2 is 0.909 bits per heavy atom. The molecular formula is C51H54Cl3NO11. The highest BCUT2D eigenvalue weighted by molar-refractivity contribution is 6.76. The molecule has 0 amide bonds. The number of hydrogen-bond donors (Lipinski definition) is 1. The van der Waals surface area contributed by atoms with Crippen molar-refractivity contribution in [1.82, 2.24) is 0 Å². The topological polar surface area (TPSA) is 133 Å². The third-order valence-corrected chi connectivity index (χ3v) is 11.5. The van der Waals surface area contributed by atoms with Crippen LogP contribution in [-0.2, 0) is 85.2 Å². The normalized spacial score (nSPS) is 25.5. The number of carbonyl (C=O) groups is 1. The van der Waals surface area contributed by atoms with E-state index in [1.54, 1.807) is 0 Å². The number of nitrogens with one attached hydrogen (secondary N) is 1. The maximum atomic E-state index is 13.1. The van der Waals surface area contributed by atoms with Crippen molar-refractivity contribution in [2.24, 2.45) is 0 Å². The second-order valence-electron chi connectivity index (χ2n) is 15.9. The van der Waals surface area contributed by atoms with Gasteiger partial charge in [-0.05, 0) is 34.7 Å². The number of rotatable bonds is 20. The predicted molar refractivity (Wildman–Crippen MR) is 249 cm³/mol. The first kappa shape index (κ1) is 49.5. The smallest absolute Gasteiger partial charge is 0.303 e. The lowest BCUT2D eigenvalue weighted by atomic mass is 9.96. The lowest BCUT2D eigenvalue weighted by Gasteiger charge is -2.49. The minimum absolute atomic E-state index is 0.0750. The molecule has 0 saturated carbocycles. The summed E-state index contributed by atoms with van der Waals surface area (Å²) in [6, 6.07) is 48.1. The minimum atomic E-state index is -2.24. The van der Waals surface area contributed by atoms with Crippen LogP contribution < -0.4 is 0 Å². The molecule has 0 unspecified atom stereocenters. The van der Waals surface area contributed by atoms with Gasteiger partial charge in [0.1, 0.15) is 36.6 Å². The molecule has 66 heavy (non-hydrogen) atoms. The molecule has 5 aromatic rings. The van der Waals surface area contributed by atoms with Crippen LogP contribution in [0.15, 0.2) is 152 Å². The summed E-state index contributed by atoms with van der Waals surface area (Å²) >= 11 is 18.6. The lowest BCUT2D eigenvalue weighted by molar-refractivity contribution is -0.365. The van der Waals surface area contributed by atoms with Crippen LogP contribution >= 0.6 is 34.8 Å². The van der Waals surface area contributed by atoms with E-state index in [-0.39, 0.29) is 39.6 Å². The Hall–Kier alpha value is -4.41. The third-order valence-electron chi connectivity index (χ3n) is 10.9. The summed E-state index contributed by atoms with van der Waals surface area (Å²) in [5.74, 6) is -1.29. The molecule has 350 valence electrons. The summed E-state index contributed by atoms with van der Waals surface area (Å²) in [5.41, 5.74) is 4.43. The first-order valence-corrected chi connectivity index (χ1v) is 22.8. The van der Waals surface area contributed by atoms with E-state index in [1.165, 1.54) is 6.92 Å². The Kier molecular flexibility index (Phi) is 18.4. The van der Waals surface area contributed by atoms with Crippen molar-refractivity contribution in [3.05, 3.63) is 179 Å². The van der Waals surface area contributed by atoms with E-state index in [4.69, 9.17) is 87.6 Å². The average Bonchev–Trinajstić information content (AvgIpc) is 3.32. The van der Waals surface area contributed by atoms with Gasteiger partial charge in [-0.3, -0.25) is 10.2 Å². The fourth-order valence-electron chi connectivity index (χ4n) is 7.73. The molecule has 2 heterocycles. The molecule has 0 aliphatic carbocycles. The van der Waals surface area contributed by atoms with E-state index < -0.39 is 77.1 Å². The summed E-state index contributed by atoms with van der Waals surface area (Å²) in [4.78, 5) is 13.1. The number of benzene rings is 5. The molecule has 2 saturated heterocycles. The SMILES string of the molecule is CC(=O)O[C@H]1[C@H](O[C@@H]2[C@H](OCc3ccccc3)[C@@H](OCc3ccccc3)[C@@H](OC(=N)C(Cl)(Cl)Cl)O[C@@H]2COCc2ccccc2)O[C@@H](C)[C@H](OCc2ccccc2)[C@H]1OCc1ccccc1. The van der Waals surface area contributed by atoms with Crippen LogP contribution in [0.5, 0.6) is 0 Å². The van der Waals surface area contributed by atoms with Crippen molar-refractivity contribution in [1.29, 1.82) is 5.41 Å². The van der Waals surface area contributed by atoms with Crippen molar-refractivity contribution in [3.8, 4) is 0 Å². The lowest BCUT2D eigenvalue weighted by Crippen LogP contribution is -2.66. The van der Waals surface area contributed by atoms with E-state index in [9.17, 15) is 4.79 Å². The van der Waals surface area contributed by atoms with Crippen LogP contribution in [0.1, 0.15) is 41.7 Å². The van der Waals surface area contributed by atoms with E-state index in [0.717, 1.165) is 27.8 Å². The Morgan fingerprint density at radius 1 is 0.515 bits per heavy atom. The molecule has 0 aromatic heterocycles. The zero-order chi connectivity index (χ0) is 46.3. The monoisotopic (exact) mass is 961 g/mol. The van der Waals surface area contributed by atoms with Crippen molar-refractivity contribution < 1.29 is 52.2 Å². The minimum Gasteiger partial charge on any atom is -0.454 e. The molecule has 2 aliphatic rings. The van der Waals surface area contributed by atoms with Gasteiger partial charge in [-0.1, -0.05) is 186 Å². The van der Waals surface area contributed by atoms with Gasteiger partial charge in [-0.2, -0.15) is 0 Å². The Bertz CT molecular complexity index is 2210. The highest BCUT2D eigenvalue weighted by Gasteiger charge is 2.55. The van der Waals surface area contributed by atoms with Gasteiger partial charge >= 0.3 is 5.97 Å². The van der Waals surface area contributed by atoms with Gasteiger partial charge in [0.2, 0.25) is 12.2 Å². The van der Waals surface area contributed by atoms with E-state index >= 15 is 0 Å². The number of carbonyl (C=O) groups excluding carboxylic acids is 1. The third kappa shape index (κ3) is 14.3. The van der Waals surface area contributed by atoms with Crippen LogP contribution in [0.3, 0.4) is 0 Å². The largest absolute Gasteiger partial charge is 0.454 e. The molecular weight excluding hydrogens is 909 g/mol. The van der Waals surface area contributed by atoms with E-state index in [2.05, 4.69) is 0 Å². The van der Waals surface area contributed by atoms with Gasteiger partial charge in [-0.15, -0.1) is 0 Å². The highest BCUT2D eigenvalue weighted by Crippen LogP contribution is 2.38. The average molecular weight is 963 g/mol. The van der Waals surface area contributed by atoms with Gasteiger partial charge in [0, 0.05) is 6.92 Å². The van der Waals surface area contributed by atoms with E-state index in [0.29, 0.717) is 0 Å². The first-order chi connectivity index (χ1) is 32.0. The Labute approximate surface area is 400 Å². The molecule has 7 rings (SSSR count). The first-order valence-electron chi connectivity index (χ1n) is 21.7. The summed E-state index contributed by atoms with van der Waals surface area (Å²) in [7, 11) is 0. The highest BCUT2D eigenvalue weighted by atomic mass is 35.6. The molecule has 5 aromatic carbocycles.